The summed E-state index contributed by atoms with van der Waals surface area (Å²) in [6.45, 7) is 2.73. The molecule has 0 amide bonds. The van der Waals surface area contributed by atoms with E-state index in [1.54, 1.807) is 19.2 Å². The minimum Gasteiger partial charge on any atom is -0.494 e. The second-order valence-corrected chi connectivity index (χ2v) is 6.99. The van der Waals surface area contributed by atoms with E-state index < -0.39 is 10.0 Å². The van der Waals surface area contributed by atoms with Crippen LogP contribution in [0.4, 0.5) is 5.82 Å². The molecule has 0 fully saturated rings. The summed E-state index contributed by atoms with van der Waals surface area (Å²) < 4.78 is 34.0. The predicted molar refractivity (Wildman–Crippen MR) is 90.2 cm³/mol. The van der Waals surface area contributed by atoms with Gasteiger partial charge in [-0.2, -0.15) is 10.4 Å². The summed E-state index contributed by atoms with van der Waals surface area (Å²) in [5.41, 5.74) is 0.164. The summed E-state index contributed by atoms with van der Waals surface area (Å²) in [7, 11) is -2.20. The number of hydrogen-bond acceptors (Lipinski definition) is 5. The minimum atomic E-state index is -3.81. The first kappa shape index (κ1) is 17.8. The third-order valence-corrected chi connectivity index (χ3v) is 4.69. The van der Waals surface area contributed by atoms with Crippen molar-refractivity contribution in [1.82, 2.24) is 9.78 Å². The number of aromatic nitrogens is 2. The second-order valence-electron chi connectivity index (χ2n) is 5.31. The molecular formula is C16H20N4O3S. The minimum absolute atomic E-state index is 0.0138. The van der Waals surface area contributed by atoms with Gasteiger partial charge in [0.25, 0.3) is 10.0 Å². The number of nitrogens with one attached hydrogen (secondary N) is 1. The third-order valence-electron chi connectivity index (χ3n) is 3.33. The van der Waals surface area contributed by atoms with Crippen LogP contribution in [0.25, 0.3) is 0 Å². The molecule has 24 heavy (non-hydrogen) atoms. The fourth-order valence-electron chi connectivity index (χ4n) is 2.09. The Morgan fingerprint density at radius 1 is 1.29 bits per heavy atom. The van der Waals surface area contributed by atoms with Crippen molar-refractivity contribution in [2.24, 2.45) is 7.05 Å². The van der Waals surface area contributed by atoms with Gasteiger partial charge in [0.1, 0.15) is 17.4 Å². The molecule has 1 aromatic carbocycles. The molecule has 0 aliphatic rings. The number of unbranched alkanes of at least 4 members (excludes halogenated alkanes) is 2. The largest absolute Gasteiger partial charge is 0.494 e. The lowest BCUT2D eigenvalue weighted by atomic mass is 10.3. The zero-order chi connectivity index (χ0) is 17.6. The van der Waals surface area contributed by atoms with Crippen molar-refractivity contribution in [2.45, 2.75) is 31.1 Å². The van der Waals surface area contributed by atoms with Crippen LogP contribution in [0.5, 0.6) is 5.75 Å². The van der Waals surface area contributed by atoms with Gasteiger partial charge in [-0.25, -0.2) is 8.42 Å². The van der Waals surface area contributed by atoms with Gasteiger partial charge in [0.2, 0.25) is 0 Å². The van der Waals surface area contributed by atoms with E-state index in [-0.39, 0.29) is 16.3 Å². The Morgan fingerprint density at radius 3 is 2.62 bits per heavy atom. The van der Waals surface area contributed by atoms with Crippen LogP contribution in [0.1, 0.15) is 31.7 Å². The quantitative estimate of drug-likeness (QED) is 0.740. The average Bonchev–Trinajstić information content (AvgIpc) is 2.91. The number of nitriles is 1. The first-order valence-corrected chi connectivity index (χ1v) is 9.14. The lowest BCUT2D eigenvalue weighted by Gasteiger charge is -2.08. The van der Waals surface area contributed by atoms with E-state index in [4.69, 9.17) is 10.00 Å². The van der Waals surface area contributed by atoms with Crippen LogP contribution in [-0.2, 0) is 17.1 Å². The maximum Gasteiger partial charge on any atom is 0.263 e. The number of sulfonamides is 1. The Balaban J connectivity index is 2.08. The lowest BCUT2D eigenvalue weighted by molar-refractivity contribution is 0.306. The van der Waals surface area contributed by atoms with Crippen molar-refractivity contribution >= 4 is 15.8 Å². The Morgan fingerprint density at radius 2 is 2.00 bits per heavy atom. The number of ether oxygens (including phenoxy) is 1. The van der Waals surface area contributed by atoms with Crippen LogP contribution in [0.15, 0.2) is 35.4 Å². The molecule has 0 aliphatic carbocycles. The number of aryl methyl sites for hydroxylation is 1. The van der Waals surface area contributed by atoms with Gasteiger partial charge in [0.05, 0.1) is 11.5 Å². The molecule has 0 bridgehead atoms. The van der Waals surface area contributed by atoms with Crippen molar-refractivity contribution < 1.29 is 13.2 Å². The van der Waals surface area contributed by atoms with Crippen LogP contribution >= 0.6 is 0 Å². The van der Waals surface area contributed by atoms with E-state index in [0.717, 1.165) is 19.3 Å². The van der Waals surface area contributed by atoms with E-state index >= 15 is 0 Å². The third kappa shape index (κ3) is 4.49. The molecule has 1 heterocycles. The Bertz CT molecular complexity index is 820. The van der Waals surface area contributed by atoms with Crippen LogP contribution in [0.3, 0.4) is 0 Å². The molecule has 1 N–H and O–H groups in total. The fraction of sp³-hybridized carbons (Fsp3) is 0.375. The maximum atomic E-state index is 12.4. The summed E-state index contributed by atoms with van der Waals surface area (Å²) in [4.78, 5) is 0.0814. The molecule has 0 atom stereocenters. The van der Waals surface area contributed by atoms with Gasteiger partial charge in [-0.1, -0.05) is 19.8 Å². The standard InChI is InChI=1S/C16H20N4O3S/c1-3-4-5-10-23-14-6-8-15(9-7-14)24(21,22)19-16-13(11-17)12-20(2)18-16/h6-9,12H,3-5,10H2,1-2H3,(H,18,19). The normalized spacial score (nSPS) is 11.0. The van der Waals surface area contributed by atoms with Gasteiger partial charge in [-0.15, -0.1) is 0 Å². The van der Waals surface area contributed by atoms with Crippen LogP contribution in [0, 0.1) is 11.3 Å². The molecule has 7 nitrogen and oxygen atoms in total. The van der Waals surface area contributed by atoms with Gasteiger partial charge in [-0.3, -0.25) is 9.40 Å². The van der Waals surface area contributed by atoms with E-state index in [0.29, 0.717) is 12.4 Å². The highest BCUT2D eigenvalue weighted by Crippen LogP contribution is 2.20. The number of rotatable bonds is 8. The zero-order valence-electron chi connectivity index (χ0n) is 13.7. The van der Waals surface area contributed by atoms with Gasteiger partial charge in [-0.05, 0) is 30.7 Å². The van der Waals surface area contributed by atoms with Crippen LogP contribution in [0.2, 0.25) is 0 Å². The van der Waals surface area contributed by atoms with Crippen LogP contribution < -0.4 is 9.46 Å². The highest BCUT2D eigenvalue weighted by atomic mass is 32.2. The summed E-state index contributed by atoms with van der Waals surface area (Å²) in [6.07, 6.45) is 4.63. The molecule has 0 unspecified atom stereocenters. The molecule has 0 saturated heterocycles. The molecule has 0 saturated carbocycles. The monoisotopic (exact) mass is 348 g/mol. The zero-order valence-corrected chi connectivity index (χ0v) is 14.5. The molecule has 128 valence electrons. The SMILES string of the molecule is CCCCCOc1ccc(S(=O)(=O)Nc2nn(C)cc2C#N)cc1. The first-order valence-electron chi connectivity index (χ1n) is 7.65. The van der Waals surface area contributed by atoms with Gasteiger partial charge >= 0.3 is 0 Å². The molecule has 1 aromatic heterocycles. The van der Waals surface area contributed by atoms with E-state index in [9.17, 15) is 8.42 Å². The maximum absolute atomic E-state index is 12.4. The molecule has 8 heteroatoms. The topological polar surface area (TPSA) is 97.0 Å². The van der Waals surface area contributed by atoms with Gasteiger partial charge < -0.3 is 4.74 Å². The van der Waals surface area contributed by atoms with Crippen molar-refractivity contribution in [1.29, 1.82) is 5.26 Å². The highest BCUT2D eigenvalue weighted by molar-refractivity contribution is 7.92. The first-order chi connectivity index (χ1) is 11.5. The summed E-state index contributed by atoms with van der Waals surface area (Å²) in [5, 5.41) is 12.9. The highest BCUT2D eigenvalue weighted by Gasteiger charge is 2.18. The van der Waals surface area contributed by atoms with Crippen molar-refractivity contribution in [3.05, 3.63) is 36.0 Å². The van der Waals surface area contributed by atoms with E-state index in [1.807, 2.05) is 6.07 Å². The second kappa shape index (κ2) is 7.84. The van der Waals surface area contributed by atoms with Crippen molar-refractivity contribution in [2.75, 3.05) is 11.3 Å². The van der Waals surface area contributed by atoms with E-state index in [2.05, 4.69) is 16.7 Å². The van der Waals surface area contributed by atoms with Crippen molar-refractivity contribution in [3.63, 3.8) is 0 Å². The number of hydrogen-bond donors (Lipinski definition) is 1. The van der Waals surface area contributed by atoms with Crippen molar-refractivity contribution in [3.8, 4) is 11.8 Å². The summed E-state index contributed by atoms with van der Waals surface area (Å²) in [5.74, 6) is 0.639. The molecule has 2 aromatic rings. The number of anilines is 1. The molecule has 0 radical (unpaired) electrons. The summed E-state index contributed by atoms with van der Waals surface area (Å²) in [6, 6.07) is 8.06. The summed E-state index contributed by atoms with van der Waals surface area (Å²) >= 11 is 0. The number of nitrogens with zero attached hydrogens (tertiary/aromatic N) is 3. The van der Waals surface area contributed by atoms with Gasteiger partial charge in [0.15, 0.2) is 5.82 Å². The fourth-order valence-corrected chi connectivity index (χ4v) is 3.11. The van der Waals surface area contributed by atoms with E-state index in [1.165, 1.54) is 23.0 Å². The molecule has 0 aliphatic heterocycles. The van der Waals surface area contributed by atoms with Crippen LogP contribution in [-0.4, -0.2) is 24.8 Å². The molecule has 0 spiro atoms. The average molecular weight is 348 g/mol. The Labute approximate surface area is 141 Å². The number of benzene rings is 1. The Hall–Kier alpha value is -2.53. The van der Waals surface area contributed by atoms with Gasteiger partial charge in [0, 0.05) is 13.2 Å². The smallest absolute Gasteiger partial charge is 0.263 e. The predicted octanol–water partition coefficient (Wildman–Crippen LogP) is 2.66. The molecular weight excluding hydrogens is 328 g/mol. The Kier molecular flexibility index (Phi) is 5.82. The lowest BCUT2D eigenvalue weighted by Crippen LogP contribution is -2.14. The molecule has 2 rings (SSSR count).